The zero-order chi connectivity index (χ0) is 19.1. The quantitative estimate of drug-likeness (QED) is 0.705. The summed E-state index contributed by atoms with van der Waals surface area (Å²) in [6.07, 6.45) is 3.55. The highest BCUT2D eigenvalue weighted by Crippen LogP contribution is 2.19. The molecule has 27 heavy (non-hydrogen) atoms. The molecule has 0 bridgehead atoms. The summed E-state index contributed by atoms with van der Waals surface area (Å²) in [5.41, 5.74) is 1.95. The van der Waals surface area contributed by atoms with E-state index < -0.39 is 0 Å². The maximum atomic E-state index is 12.6. The first-order chi connectivity index (χ1) is 13.1. The van der Waals surface area contributed by atoms with Gasteiger partial charge in [-0.1, -0.05) is 46.3 Å². The number of amides is 2. The third-order valence-corrected chi connectivity index (χ3v) is 5.42. The Hall–Kier alpha value is -2.14. The van der Waals surface area contributed by atoms with Crippen LogP contribution in [0.1, 0.15) is 35.2 Å². The molecule has 4 nitrogen and oxygen atoms in total. The lowest BCUT2D eigenvalue weighted by Gasteiger charge is -2.32. The van der Waals surface area contributed by atoms with Gasteiger partial charge in [0.15, 0.2) is 0 Å². The predicted molar refractivity (Wildman–Crippen MR) is 111 cm³/mol. The molecule has 5 heteroatoms. The molecule has 2 aromatic carbocycles. The van der Waals surface area contributed by atoms with E-state index in [4.69, 9.17) is 0 Å². The zero-order valence-electron chi connectivity index (χ0n) is 15.4. The highest BCUT2D eigenvalue weighted by Gasteiger charge is 2.28. The van der Waals surface area contributed by atoms with Crippen molar-refractivity contribution in [1.82, 2.24) is 10.2 Å². The van der Waals surface area contributed by atoms with E-state index in [1.165, 1.54) is 5.56 Å². The maximum Gasteiger partial charge on any atom is 0.253 e. The summed E-state index contributed by atoms with van der Waals surface area (Å²) in [5.74, 6) is -0.0326. The molecular weight excluding hydrogens is 404 g/mol. The van der Waals surface area contributed by atoms with Gasteiger partial charge < -0.3 is 10.2 Å². The largest absolute Gasteiger partial charge is 0.356 e. The molecule has 2 aromatic rings. The van der Waals surface area contributed by atoms with Crippen molar-refractivity contribution in [2.24, 2.45) is 5.92 Å². The Balaban J connectivity index is 1.45. The first kappa shape index (κ1) is 19.6. The number of likely N-dealkylation sites (tertiary alicyclic amines) is 1. The first-order valence-corrected chi connectivity index (χ1v) is 10.3. The number of aryl methyl sites for hydroxylation is 1. The van der Waals surface area contributed by atoms with Crippen molar-refractivity contribution in [3.05, 3.63) is 70.2 Å². The fourth-order valence-corrected chi connectivity index (χ4v) is 3.93. The SMILES string of the molecule is O=C(NCCCc1cccc(Br)c1)C1CCCN(C(=O)c2ccccc2)C1. The Morgan fingerprint density at radius 3 is 2.70 bits per heavy atom. The van der Waals surface area contributed by atoms with Gasteiger partial charge in [-0.2, -0.15) is 0 Å². The molecule has 2 amide bonds. The summed E-state index contributed by atoms with van der Waals surface area (Å²) in [4.78, 5) is 26.9. The lowest BCUT2D eigenvalue weighted by Crippen LogP contribution is -2.45. The Kier molecular flexibility index (Phi) is 7.04. The van der Waals surface area contributed by atoms with Crippen LogP contribution in [0.25, 0.3) is 0 Å². The topological polar surface area (TPSA) is 49.4 Å². The molecule has 1 saturated heterocycles. The maximum absolute atomic E-state index is 12.6. The predicted octanol–water partition coefficient (Wildman–Crippen LogP) is 4.05. The van der Waals surface area contributed by atoms with E-state index in [2.05, 4.69) is 33.4 Å². The van der Waals surface area contributed by atoms with Gasteiger partial charge in [-0.3, -0.25) is 9.59 Å². The number of halogens is 1. The van der Waals surface area contributed by atoms with E-state index in [-0.39, 0.29) is 17.7 Å². The van der Waals surface area contributed by atoms with Gasteiger partial charge in [0.2, 0.25) is 5.91 Å². The zero-order valence-corrected chi connectivity index (χ0v) is 17.0. The van der Waals surface area contributed by atoms with Crippen molar-refractivity contribution in [1.29, 1.82) is 0 Å². The van der Waals surface area contributed by atoms with Crippen LogP contribution < -0.4 is 5.32 Å². The highest BCUT2D eigenvalue weighted by molar-refractivity contribution is 9.10. The third kappa shape index (κ3) is 5.67. The molecule has 1 atom stereocenters. The second kappa shape index (κ2) is 9.70. The Labute approximate surface area is 169 Å². The Morgan fingerprint density at radius 2 is 1.93 bits per heavy atom. The van der Waals surface area contributed by atoms with Crippen LogP contribution in [0, 0.1) is 5.92 Å². The molecule has 0 aromatic heterocycles. The summed E-state index contributed by atoms with van der Waals surface area (Å²) in [7, 11) is 0. The van der Waals surface area contributed by atoms with Crippen LogP contribution in [0.15, 0.2) is 59.1 Å². The average Bonchev–Trinajstić information content (AvgIpc) is 2.71. The molecule has 0 radical (unpaired) electrons. The number of carbonyl (C=O) groups excluding carboxylic acids is 2. The van der Waals surface area contributed by atoms with Crippen molar-refractivity contribution in [3.8, 4) is 0 Å². The van der Waals surface area contributed by atoms with Gasteiger partial charge in [-0.05, 0) is 55.5 Å². The molecule has 1 unspecified atom stereocenters. The number of rotatable bonds is 6. The number of nitrogens with one attached hydrogen (secondary N) is 1. The molecule has 1 N–H and O–H groups in total. The van der Waals surface area contributed by atoms with Crippen LogP contribution in [0.5, 0.6) is 0 Å². The van der Waals surface area contributed by atoms with E-state index in [1.54, 1.807) is 0 Å². The van der Waals surface area contributed by atoms with E-state index in [0.717, 1.165) is 36.7 Å². The van der Waals surface area contributed by atoms with Gasteiger partial charge in [0, 0.05) is 29.7 Å². The molecule has 3 rings (SSSR count). The fraction of sp³-hybridized carbons (Fsp3) is 0.364. The van der Waals surface area contributed by atoms with E-state index in [9.17, 15) is 9.59 Å². The van der Waals surface area contributed by atoms with Gasteiger partial charge in [0.25, 0.3) is 5.91 Å². The minimum Gasteiger partial charge on any atom is -0.356 e. The molecular formula is C22H25BrN2O2. The van der Waals surface area contributed by atoms with Crippen LogP contribution in [-0.2, 0) is 11.2 Å². The minimum absolute atomic E-state index is 0.0164. The number of hydrogen-bond acceptors (Lipinski definition) is 2. The summed E-state index contributed by atoms with van der Waals surface area (Å²) in [6.45, 7) is 1.89. The molecule has 142 valence electrons. The second-order valence-electron chi connectivity index (χ2n) is 6.98. The van der Waals surface area contributed by atoms with Crippen molar-refractivity contribution in [3.63, 3.8) is 0 Å². The molecule has 1 heterocycles. The van der Waals surface area contributed by atoms with Crippen molar-refractivity contribution in [2.75, 3.05) is 19.6 Å². The van der Waals surface area contributed by atoms with Gasteiger partial charge in [-0.25, -0.2) is 0 Å². The van der Waals surface area contributed by atoms with E-state index in [0.29, 0.717) is 18.7 Å². The monoisotopic (exact) mass is 428 g/mol. The number of nitrogens with zero attached hydrogens (tertiary/aromatic N) is 1. The van der Waals surface area contributed by atoms with Crippen LogP contribution >= 0.6 is 15.9 Å². The normalized spacial score (nSPS) is 16.8. The molecule has 1 aliphatic heterocycles. The van der Waals surface area contributed by atoms with Gasteiger partial charge in [-0.15, -0.1) is 0 Å². The highest BCUT2D eigenvalue weighted by atomic mass is 79.9. The van der Waals surface area contributed by atoms with Crippen molar-refractivity contribution in [2.45, 2.75) is 25.7 Å². The number of hydrogen-bond donors (Lipinski definition) is 1. The Morgan fingerprint density at radius 1 is 1.11 bits per heavy atom. The summed E-state index contributed by atoms with van der Waals surface area (Å²) < 4.78 is 1.08. The molecule has 0 spiro atoms. The molecule has 1 fully saturated rings. The van der Waals surface area contributed by atoms with Crippen LogP contribution in [0.4, 0.5) is 0 Å². The molecule has 0 aliphatic carbocycles. The standard InChI is InChI=1S/C22H25BrN2O2/c23-20-12-4-7-17(15-20)8-5-13-24-21(26)19-11-6-14-25(16-19)22(27)18-9-2-1-3-10-18/h1-4,7,9-10,12,15,19H,5-6,8,11,13-14,16H2,(H,24,26). The Bertz CT molecular complexity index is 779. The second-order valence-corrected chi connectivity index (χ2v) is 7.90. The lowest BCUT2D eigenvalue weighted by molar-refractivity contribution is -0.126. The summed E-state index contributed by atoms with van der Waals surface area (Å²) in [5, 5.41) is 3.05. The van der Waals surface area contributed by atoms with Crippen LogP contribution in [-0.4, -0.2) is 36.3 Å². The minimum atomic E-state index is -0.114. The summed E-state index contributed by atoms with van der Waals surface area (Å²) in [6, 6.07) is 17.5. The van der Waals surface area contributed by atoms with Gasteiger partial charge >= 0.3 is 0 Å². The number of piperidine rings is 1. The molecule has 1 aliphatic rings. The third-order valence-electron chi connectivity index (χ3n) is 4.93. The first-order valence-electron chi connectivity index (χ1n) is 9.50. The van der Waals surface area contributed by atoms with Crippen LogP contribution in [0.3, 0.4) is 0 Å². The van der Waals surface area contributed by atoms with Crippen molar-refractivity contribution >= 4 is 27.7 Å². The van der Waals surface area contributed by atoms with Crippen LogP contribution in [0.2, 0.25) is 0 Å². The average molecular weight is 429 g/mol. The fourth-order valence-electron chi connectivity index (χ4n) is 3.48. The molecule has 0 saturated carbocycles. The van der Waals surface area contributed by atoms with Gasteiger partial charge in [0.1, 0.15) is 0 Å². The number of carbonyl (C=O) groups is 2. The lowest BCUT2D eigenvalue weighted by atomic mass is 9.96. The van der Waals surface area contributed by atoms with E-state index >= 15 is 0 Å². The van der Waals surface area contributed by atoms with Gasteiger partial charge in [0.05, 0.1) is 5.92 Å². The smallest absolute Gasteiger partial charge is 0.253 e. The van der Waals surface area contributed by atoms with Crippen molar-refractivity contribution < 1.29 is 9.59 Å². The van der Waals surface area contributed by atoms with E-state index in [1.807, 2.05) is 47.4 Å². The number of benzene rings is 2. The summed E-state index contributed by atoms with van der Waals surface area (Å²) >= 11 is 3.48.